The van der Waals surface area contributed by atoms with E-state index in [9.17, 15) is 0 Å². The van der Waals surface area contributed by atoms with Crippen LogP contribution in [0.5, 0.6) is 0 Å². The second-order valence-corrected chi connectivity index (χ2v) is 5.90. The van der Waals surface area contributed by atoms with Gasteiger partial charge in [0.25, 0.3) is 0 Å². The van der Waals surface area contributed by atoms with Crippen LogP contribution in [0.15, 0.2) is 12.4 Å². The number of imidazole rings is 1. The van der Waals surface area contributed by atoms with Crippen molar-refractivity contribution in [3.05, 3.63) is 23.9 Å². The van der Waals surface area contributed by atoms with Crippen LogP contribution in [0.25, 0.3) is 11.2 Å². The SMILES string of the molecule is Cc1cc(N2CCN(c3nc(N)nc4nc[nH]c34)CC2)nc(C)n1. The second-order valence-electron chi connectivity index (χ2n) is 5.90. The molecular weight excluding hydrogens is 306 g/mol. The van der Waals surface area contributed by atoms with Gasteiger partial charge in [0, 0.05) is 37.9 Å². The predicted octanol–water partition coefficient (Wildman–Crippen LogP) is 0.669. The van der Waals surface area contributed by atoms with Gasteiger partial charge in [-0.1, -0.05) is 0 Å². The van der Waals surface area contributed by atoms with Crippen molar-refractivity contribution in [3.8, 4) is 0 Å². The highest BCUT2D eigenvalue weighted by Crippen LogP contribution is 2.24. The molecule has 0 aliphatic carbocycles. The number of nitrogens with one attached hydrogen (secondary N) is 1. The van der Waals surface area contributed by atoms with Gasteiger partial charge in [0.05, 0.1) is 6.33 Å². The normalized spacial score (nSPS) is 15.2. The van der Waals surface area contributed by atoms with E-state index >= 15 is 0 Å². The second kappa shape index (κ2) is 5.59. The highest BCUT2D eigenvalue weighted by Gasteiger charge is 2.22. The maximum atomic E-state index is 5.81. The summed E-state index contributed by atoms with van der Waals surface area (Å²) in [6.07, 6.45) is 1.62. The number of anilines is 3. The van der Waals surface area contributed by atoms with Crippen LogP contribution < -0.4 is 15.5 Å². The zero-order valence-electron chi connectivity index (χ0n) is 13.7. The Bertz CT molecular complexity index is 860. The molecule has 1 aliphatic rings. The molecule has 4 heterocycles. The summed E-state index contributed by atoms with van der Waals surface area (Å²) in [6, 6.07) is 2.03. The van der Waals surface area contributed by atoms with Crippen molar-refractivity contribution in [1.82, 2.24) is 29.9 Å². The minimum atomic E-state index is 0.245. The Kier molecular flexibility index (Phi) is 3.40. The molecule has 0 aromatic carbocycles. The number of aryl methyl sites for hydroxylation is 2. The zero-order chi connectivity index (χ0) is 16.7. The van der Waals surface area contributed by atoms with Crippen molar-refractivity contribution >= 4 is 28.7 Å². The quantitative estimate of drug-likeness (QED) is 0.707. The van der Waals surface area contributed by atoms with Crippen LogP contribution in [0.4, 0.5) is 17.6 Å². The molecular formula is C15H19N9. The fourth-order valence-corrected chi connectivity index (χ4v) is 3.07. The molecule has 0 unspecified atom stereocenters. The Morgan fingerprint density at radius 2 is 1.75 bits per heavy atom. The van der Waals surface area contributed by atoms with Gasteiger partial charge in [-0.2, -0.15) is 9.97 Å². The Morgan fingerprint density at radius 1 is 1.00 bits per heavy atom. The molecule has 0 amide bonds. The number of piperazine rings is 1. The van der Waals surface area contributed by atoms with Gasteiger partial charge in [0.2, 0.25) is 5.95 Å². The topological polar surface area (TPSA) is 113 Å². The van der Waals surface area contributed by atoms with E-state index in [2.05, 4.69) is 39.7 Å². The molecule has 3 aromatic heterocycles. The Hall–Kier alpha value is -2.97. The van der Waals surface area contributed by atoms with Gasteiger partial charge >= 0.3 is 0 Å². The van der Waals surface area contributed by atoms with Crippen LogP contribution in [0, 0.1) is 13.8 Å². The van der Waals surface area contributed by atoms with E-state index in [-0.39, 0.29) is 5.95 Å². The van der Waals surface area contributed by atoms with E-state index < -0.39 is 0 Å². The van der Waals surface area contributed by atoms with Crippen molar-refractivity contribution in [1.29, 1.82) is 0 Å². The first kappa shape index (κ1) is 14.6. The van der Waals surface area contributed by atoms with Gasteiger partial charge < -0.3 is 20.5 Å². The lowest BCUT2D eigenvalue weighted by Crippen LogP contribution is -2.47. The molecule has 3 N–H and O–H groups in total. The lowest BCUT2D eigenvalue weighted by Gasteiger charge is -2.36. The van der Waals surface area contributed by atoms with Gasteiger partial charge in [-0.3, -0.25) is 0 Å². The summed E-state index contributed by atoms with van der Waals surface area (Å²) in [7, 11) is 0. The van der Waals surface area contributed by atoms with E-state index in [1.807, 2.05) is 19.9 Å². The molecule has 0 bridgehead atoms. The number of aromatic nitrogens is 6. The van der Waals surface area contributed by atoms with Crippen LogP contribution in [0.3, 0.4) is 0 Å². The predicted molar refractivity (Wildman–Crippen MR) is 92.0 cm³/mol. The Balaban J connectivity index is 1.56. The first-order valence-corrected chi connectivity index (χ1v) is 7.89. The Labute approximate surface area is 139 Å². The molecule has 0 saturated carbocycles. The first-order valence-electron chi connectivity index (χ1n) is 7.89. The van der Waals surface area contributed by atoms with Gasteiger partial charge in [0.15, 0.2) is 11.5 Å². The molecule has 1 fully saturated rings. The maximum Gasteiger partial charge on any atom is 0.224 e. The fourth-order valence-electron chi connectivity index (χ4n) is 3.07. The highest BCUT2D eigenvalue weighted by atomic mass is 15.3. The van der Waals surface area contributed by atoms with E-state index in [0.717, 1.165) is 54.8 Å². The van der Waals surface area contributed by atoms with Gasteiger partial charge in [0.1, 0.15) is 17.2 Å². The number of hydrogen-bond donors (Lipinski definition) is 2. The number of fused-ring (bicyclic) bond motifs is 1. The largest absolute Gasteiger partial charge is 0.368 e. The van der Waals surface area contributed by atoms with E-state index in [0.29, 0.717) is 5.65 Å². The van der Waals surface area contributed by atoms with Crippen molar-refractivity contribution < 1.29 is 0 Å². The molecule has 4 rings (SSSR count). The third kappa shape index (κ3) is 2.57. The van der Waals surface area contributed by atoms with Crippen molar-refractivity contribution in [2.45, 2.75) is 13.8 Å². The molecule has 0 radical (unpaired) electrons. The summed E-state index contributed by atoms with van der Waals surface area (Å²) < 4.78 is 0. The smallest absolute Gasteiger partial charge is 0.224 e. The molecule has 0 atom stereocenters. The molecule has 24 heavy (non-hydrogen) atoms. The minimum Gasteiger partial charge on any atom is -0.368 e. The lowest BCUT2D eigenvalue weighted by molar-refractivity contribution is 0.641. The summed E-state index contributed by atoms with van der Waals surface area (Å²) >= 11 is 0. The number of rotatable bonds is 2. The number of nitrogens with two attached hydrogens (primary N) is 1. The van der Waals surface area contributed by atoms with Gasteiger partial charge in [-0.05, 0) is 13.8 Å². The van der Waals surface area contributed by atoms with Crippen molar-refractivity contribution in [3.63, 3.8) is 0 Å². The van der Waals surface area contributed by atoms with Crippen LogP contribution in [-0.4, -0.2) is 56.1 Å². The minimum absolute atomic E-state index is 0.245. The highest BCUT2D eigenvalue weighted by molar-refractivity contribution is 5.84. The molecule has 1 saturated heterocycles. The number of nitrogen functional groups attached to an aromatic ring is 1. The third-order valence-corrected chi connectivity index (χ3v) is 4.14. The fraction of sp³-hybridized carbons (Fsp3) is 0.400. The summed E-state index contributed by atoms with van der Waals surface area (Å²) in [5.41, 5.74) is 8.23. The van der Waals surface area contributed by atoms with Crippen LogP contribution >= 0.6 is 0 Å². The zero-order valence-corrected chi connectivity index (χ0v) is 13.7. The molecule has 0 spiro atoms. The van der Waals surface area contributed by atoms with Crippen LogP contribution in [0.1, 0.15) is 11.5 Å². The van der Waals surface area contributed by atoms with E-state index in [4.69, 9.17) is 5.73 Å². The van der Waals surface area contributed by atoms with Crippen molar-refractivity contribution in [2.24, 2.45) is 0 Å². The summed E-state index contributed by atoms with van der Waals surface area (Å²) in [5, 5.41) is 0. The number of nitrogens with zero attached hydrogens (tertiary/aromatic N) is 7. The molecule has 1 aliphatic heterocycles. The van der Waals surface area contributed by atoms with Gasteiger partial charge in [-0.25, -0.2) is 15.0 Å². The number of hydrogen-bond acceptors (Lipinski definition) is 8. The summed E-state index contributed by atoms with van der Waals surface area (Å²) in [5.74, 6) is 2.84. The molecule has 9 nitrogen and oxygen atoms in total. The molecule has 3 aromatic rings. The number of H-pyrrole nitrogens is 1. The molecule has 9 heteroatoms. The van der Waals surface area contributed by atoms with Crippen LogP contribution in [0.2, 0.25) is 0 Å². The van der Waals surface area contributed by atoms with Crippen LogP contribution in [-0.2, 0) is 0 Å². The summed E-state index contributed by atoms with van der Waals surface area (Å²) in [6.45, 7) is 7.28. The Morgan fingerprint density at radius 3 is 2.50 bits per heavy atom. The van der Waals surface area contributed by atoms with E-state index in [1.54, 1.807) is 6.33 Å². The lowest BCUT2D eigenvalue weighted by atomic mass is 10.3. The number of aromatic amines is 1. The standard InChI is InChI=1S/C15H19N9/c1-9-7-11(20-10(2)19-9)23-3-5-24(6-4-23)14-12-13(18-8-17-12)21-15(16)22-14/h7-8H,3-6H2,1-2H3,(H3,16,17,18,21,22). The first-order chi connectivity index (χ1) is 11.6. The average molecular weight is 325 g/mol. The maximum absolute atomic E-state index is 5.81. The van der Waals surface area contributed by atoms with Crippen molar-refractivity contribution in [2.75, 3.05) is 41.7 Å². The molecule has 124 valence electrons. The third-order valence-electron chi connectivity index (χ3n) is 4.14. The summed E-state index contributed by atoms with van der Waals surface area (Å²) in [4.78, 5) is 29.2. The average Bonchev–Trinajstić information content (AvgIpc) is 3.01. The van der Waals surface area contributed by atoms with E-state index in [1.165, 1.54) is 0 Å². The van der Waals surface area contributed by atoms with Gasteiger partial charge in [-0.15, -0.1) is 0 Å². The monoisotopic (exact) mass is 325 g/mol.